The molecule has 7 aromatic rings. The Morgan fingerprint density at radius 1 is 0.897 bits per heavy atom. The summed E-state index contributed by atoms with van der Waals surface area (Å²) >= 11 is 6.64. The standard InChI is InChI=1S/C56H58ClF2N11O8/c1-2-37-41(58)14-9-32-5-3-6-38(46(32)37)49-47(59)50-39(26-61-49)54(70-27-34-10-11-35(28-70)62-34)67-55(65-50)75-24-21-69-19-17-68(18-20-69)16-4-22-73-31-45(72)60-15-23-74-36-12-7-33(8-13-36)48-40(57)25-42-53(64-48)66-56(63-42)78-44-30-77-51-43(71)29-76-52(44)51/h1,3,5-9,12-14,25-26,34-35,43-44,51-52,62,71H,4,10-11,15-24,27-31H2,(H,60,72)(H,63,64,66)/t34?,35?,43-,44-,51-,52-/m1/s1. The first-order valence-electron chi connectivity index (χ1n) is 26.5. The average molecular weight is 1090 g/mol. The van der Waals surface area contributed by atoms with E-state index in [1.54, 1.807) is 30.5 Å². The van der Waals surface area contributed by atoms with Gasteiger partial charge in [-0.25, -0.2) is 13.8 Å². The number of imidazole rings is 1. The number of amides is 1. The van der Waals surface area contributed by atoms with Crippen LogP contribution in [0.25, 0.3) is 55.4 Å². The number of hydrogen-bond acceptors (Lipinski definition) is 17. The molecule has 406 valence electrons. The number of nitrogens with zero attached hydrogens (tertiary/aromatic N) is 8. The number of hydrogen-bond donors (Lipinski definition) is 4. The summed E-state index contributed by atoms with van der Waals surface area (Å²) in [6.45, 7) is 8.12. The quantitative estimate of drug-likeness (QED) is 0.0611. The fourth-order valence-corrected chi connectivity index (χ4v) is 11.5. The second-order valence-electron chi connectivity index (χ2n) is 20.2. The van der Waals surface area contributed by atoms with Crippen LogP contribution in [-0.4, -0.2) is 186 Å². The number of ether oxygens (including phenoxy) is 6. The van der Waals surface area contributed by atoms with Crippen molar-refractivity contribution in [1.29, 1.82) is 0 Å². The molecule has 12 rings (SSSR count). The number of aromatic amines is 1. The number of aliphatic hydroxyl groups excluding tert-OH is 1. The molecular formula is C56H58ClF2N11O8. The van der Waals surface area contributed by atoms with Crippen LogP contribution in [-0.2, 0) is 19.0 Å². The van der Waals surface area contributed by atoms with Crippen molar-refractivity contribution < 1.29 is 47.1 Å². The number of carbonyl (C=O) groups is 1. The van der Waals surface area contributed by atoms with Gasteiger partial charge in [-0.1, -0.05) is 41.8 Å². The van der Waals surface area contributed by atoms with Gasteiger partial charge in [-0.15, -0.1) is 6.42 Å². The van der Waals surface area contributed by atoms with Crippen molar-refractivity contribution in [1.82, 2.24) is 50.3 Å². The molecule has 4 N–H and O–H groups in total. The Morgan fingerprint density at radius 3 is 2.50 bits per heavy atom. The van der Waals surface area contributed by atoms with Gasteiger partial charge in [0.25, 0.3) is 6.01 Å². The zero-order valence-corrected chi connectivity index (χ0v) is 43.4. The molecule has 2 bridgehead atoms. The van der Waals surface area contributed by atoms with Crippen LogP contribution in [0.1, 0.15) is 24.8 Å². The molecule has 5 fully saturated rings. The van der Waals surface area contributed by atoms with E-state index in [4.69, 9.17) is 51.4 Å². The molecule has 5 aliphatic heterocycles. The summed E-state index contributed by atoms with van der Waals surface area (Å²) in [7, 11) is 0. The number of aromatic nitrogens is 6. The number of piperazine rings is 2. The van der Waals surface area contributed by atoms with E-state index in [0.717, 1.165) is 57.5 Å². The Hall–Kier alpha value is -6.87. The average Bonchev–Trinajstić information content (AvgIpc) is 4.36. The molecule has 78 heavy (non-hydrogen) atoms. The van der Waals surface area contributed by atoms with E-state index in [1.165, 1.54) is 6.07 Å². The minimum absolute atomic E-state index is 0.0207. The van der Waals surface area contributed by atoms with Gasteiger partial charge in [0.05, 0.1) is 46.9 Å². The Balaban J connectivity index is 0.565. The lowest BCUT2D eigenvalue weighted by atomic mass is 9.96. The number of nitrogens with one attached hydrogen (secondary N) is 3. The second kappa shape index (κ2) is 22.8. The minimum Gasteiger partial charge on any atom is -0.492 e. The lowest BCUT2D eigenvalue weighted by molar-refractivity contribution is -0.125. The van der Waals surface area contributed by atoms with Crippen molar-refractivity contribution in [2.45, 2.75) is 55.8 Å². The topological polar surface area (TPSA) is 207 Å². The number of benzene rings is 3. The predicted molar refractivity (Wildman–Crippen MR) is 287 cm³/mol. The van der Waals surface area contributed by atoms with Crippen LogP contribution in [0.15, 0.2) is 66.9 Å². The van der Waals surface area contributed by atoms with Crippen LogP contribution in [0.3, 0.4) is 0 Å². The Bertz CT molecular complexity index is 3370. The van der Waals surface area contributed by atoms with E-state index in [9.17, 15) is 14.3 Å². The lowest BCUT2D eigenvalue weighted by Gasteiger charge is -2.35. The number of fused-ring (bicyclic) bond motifs is 6. The molecule has 22 heteroatoms. The second-order valence-corrected chi connectivity index (χ2v) is 20.6. The molecule has 0 radical (unpaired) electrons. The van der Waals surface area contributed by atoms with Crippen LogP contribution in [0, 0.1) is 24.0 Å². The van der Waals surface area contributed by atoms with Gasteiger partial charge < -0.3 is 58.9 Å². The lowest BCUT2D eigenvalue weighted by Crippen LogP contribution is -2.51. The van der Waals surface area contributed by atoms with Crippen molar-refractivity contribution in [3.05, 3.63) is 89.1 Å². The largest absolute Gasteiger partial charge is 0.492 e. The summed E-state index contributed by atoms with van der Waals surface area (Å²) in [6.07, 6.45) is 8.39. The van der Waals surface area contributed by atoms with E-state index in [-0.39, 0.29) is 67.2 Å². The summed E-state index contributed by atoms with van der Waals surface area (Å²) in [4.78, 5) is 45.8. The summed E-state index contributed by atoms with van der Waals surface area (Å²) in [5, 5.41) is 18.5. The van der Waals surface area contributed by atoms with E-state index in [1.807, 2.05) is 30.3 Å². The fraction of sp³-hybridized carbons (Fsp3) is 0.429. The summed E-state index contributed by atoms with van der Waals surface area (Å²) < 4.78 is 67.0. The van der Waals surface area contributed by atoms with Gasteiger partial charge in [0, 0.05) is 93.8 Å². The van der Waals surface area contributed by atoms with E-state index >= 15 is 4.39 Å². The molecule has 0 spiro atoms. The minimum atomic E-state index is -0.675. The first kappa shape index (κ1) is 51.9. The van der Waals surface area contributed by atoms with Gasteiger partial charge in [0.1, 0.15) is 66.7 Å². The highest BCUT2D eigenvalue weighted by molar-refractivity contribution is 6.33. The molecule has 9 heterocycles. The number of aliphatic hydroxyl groups is 1. The first-order chi connectivity index (χ1) is 38.1. The number of rotatable bonds is 19. The molecule has 5 aliphatic rings. The van der Waals surface area contributed by atoms with Crippen molar-refractivity contribution in [3.63, 3.8) is 0 Å². The van der Waals surface area contributed by atoms with Gasteiger partial charge >= 0.3 is 6.01 Å². The van der Waals surface area contributed by atoms with Crippen molar-refractivity contribution in [2.24, 2.45) is 0 Å². The highest BCUT2D eigenvalue weighted by Crippen LogP contribution is 2.38. The van der Waals surface area contributed by atoms with Crippen LogP contribution in [0.4, 0.5) is 14.6 Å². The van der Waals surface area contributed by atoms with Crippen LogP contribution in [0.5, 0.6) is 17.8 Å². The van der Waals surface area contributed by atoms with Crippen LogP contribution in [0.2, 0.25) is 5.02 Å². The highest BCUT2D eigenvalue weighted by atomic mass is 35.5. The van der Waals surface area contributed by atoms with Gasteiger partial charge in [-0.3, -0.25) is 14.7 Å². The third kappa shape index (κ3) is 11.0. The molecule has 19 nitrogen and oxygen atoms in total. The Kier molecular flexibility index (Phi) is 15.2. The molecule has 6 atom stereocenters. The number of anilines is 1. The zero-order valence-electron chi connectivity index (χ0n) is 42.6. The maximum absolute atomic E-state index is 16.9. The van der Waals surface area contributed by atoms with E-state index < -0.39 is 29.9 Å². The molecule has 2 unspecified atom stereocenters. The number of pyridine rings is 2. The summed E-state index contributed by atoms with van der Waals surface area (Å²) in [6, 6.07) is 18.3. The van der Waals surface area contributed by atoms with Gasteiger partial charge in [-0.05, 0) is 61.0 Å². The van der Waals surface area contributed by atoms with E-state index in [0.29, 0.717) is 107 Å². The van der Waals surface area contributed by atoms with Gasteiger partial charge in [0.2, 0.25) is 5.91 Å². The number of H-pyrrole nitrogens is 1. The predicted octanol–water partition coefficient (Wildman–Crippen LogP) is 5.14. The van der Waals surface area contributed by atoms with E-state index in [2.05, 4.69) is 56.2 Å². The van der Waals surface area contributed by atoms with Gasteiger partial charge in [0.15, 0.2) is 17.6 Å². The number of carbonyl (C=O) groups excluding carboxylic acids is 1. The molecular weight excluding hydrogens is 1030 g/mol. The SMILES string of the molecule is C#Cc1c(F)ccc2cccc(-c3ncc4c(N5CC6CCC(C5)N6)nc(OCCN5CCN(CCCOCC(=O)NCCOc6ccc(-c7nc8nc(O[C@@H]9CO[C@H]%10[C@@H]9OC[C@H]%10O)[nH]c8cc7Cl)cc6)CC5)nc4c3F)c12. The van der Waals surface area contributed by atoms with Crippen molar-refractivity contribution >= 4 is 56.2 Å². The molecule has 0 saturated carbocycles. The zero-order chi connectivity index (χ0) is 53.3. The van der Waals surface area contributed by atoms with Crippen LogP contribution >= 0.6 is 11.6 Å². The first-order valence-corrected chi connectivity index (χ1v) is 26.8. The van der Waals surface area contributed by atoms with Crippen molar-refractivity contribution in [2.75, 3.05) is 103 Å². The smallest absolute Gasteiger partial charge is 0.319 e. The molecule has 1 amide bonds. The summed E-state index contributed by atoms with van der Waals surface area (Å²) in [5.41, 5.74) is 2.89. The number of halogens is 3. The van der Waals surface area contributed by atoms with Gasteiger partial charge in [-0.2, -0.15) is 15.0 Å². The molecule has 3 aromatic carbocycles. The molecule has 0 aliphatic carbocycles. The molecule has 4 aromatic heterocycles. The Morgan fingerprint density at radius 2 is 1.69 bits per heavy atom. The summed E-state index contributed by atoms with van der Waals surface area (Å²) in [5.74, 6) is 2.22. The Labute approximate surface area is 452 Å². The number of terminal acetylenes is 1. The fourth-order valence-electron chi connectivity index (χ4n) is 11.2. The molecule has 5 saturated heterocycles. The maximum Gasteiger partial charge on any atom is 0.319 e. The maximum atomic E-state index is 16.9. The third-order valence-corrected chi connectivity index (χ3v) is 15.4. The van der Waals surface area contributed by atoms with Crippen LogP contribution < -0.4 is 29.7 Å². The van der Waals surface area contributed by atoms with Crippen molar-refractivity contribution in [3.8, 4) is 52.6 Å². The monoisotopic (exact) mass is 1090 g/mol. The highest BCUT2D eigenvalue weighted by Gasteiger charge is 2.49. The third-order valence-electron chi connectivity index (χ3n) is 15.1. The normalized spacial score (nSPS) is 22.3.